The molecule has 1 aromatic heterocycles. The van der Waals surface area contributed by atoms with Gasteiger partial charge in [0.25, 0.3) is 0 Å². The molecule has 4 rings (SSSR count). The molecule has 0 saturated carbocycles. The van der Waals surface area contributed by atoms with Gasteiger partial charge < -0.3 is 14.8 Å². The lowest BCUT2D eigenvalue weighted by molar-refractivity contribution is -0.111. The number of aromatic nitrogens is 1. The van der Waals surface area contributed by atoms with Gasteiger partial charge >= 0.3 is 0 Å². The number of morpholine rings is 1. The molecule has 0 atom stereocenters. The molecular weight excluding hydrogens is 409 g/mol. The average Bonchev–Trinajstić information content (AvgIpc) is 2.81. The second kappa shape index (κ2) is 10.7. The van der Waals surface area contributed by atoms with Crippen molar-refractivity contribution in [2.24, 2.45) is 0 Å². The van der Waals surface area contributed by atoms with Gasteiger partial charge in [-0.25, -0.2) is 4.39 Å². The summed E-state index contributed by atoms with van der Waals surface area (Å²) in [4.78, 5) is 18.6. The first kappa shape index (κ1) is 21.7. The van der Waals surface area contributed by atoms with Gasteiger partial charge in [0.2, 0.25) is 5.91 Å². The van der Waals surface area contributed by atoms with E-state index in [0.29, 0.717) is 11.3 Å². The summed E-state index contributed by atoms with van der Waals surface area (Å²) in [7, 11) is 0. The highest BCUT2D eigenvalue weighted by Crippen LogP contribution is 2.25. The summed E-state index contributed by atoms with van der Waals surface area (Å²) >= 11 is 0. The Bertz CT molecular complexity index is 1080. The molecule has 7 heteroatoms. The zero-order valence-corrected chi connectivity index (χ0v) is 17.5. The van der Waals surface area contributed by atoms with Crippen LogP contribution in [0.5, 0.6) is 11.5 Å². The normalized spacial score (nSPS) is 14.4. The lowest BCUT2D eigenvalue weighted by Gasteiger charge is -2.26. The maximum absolute atomic E-state index is 14.4. The molecule has 0 unspecified atom stereocenters. The largest absolute Gasteiger partial charge is 0.453 e. The van der Waals surface area contributed by atoms with Gasteiger partial charge in [-0.1, -0.05) is 18.2 Å². The minimum absolute atomic E-state index is 0.0942. The van der Waals surface area contributed by atoms with E-state index in [1.165, 1.54) is 24.4 Å². The average molecular weight is 433 g/mol. The van der Waals surface area contributed by atoms with E-state index in [0.717, 1.165) is 44.1 Å². The van der Waals surface area contributed by atoms with E-state index in [2.05, 4.69) is 15.2 Å². The summed E-state index contributed by atoms with van der Waals surface area (Å²) in [6.45, 7) is 4.12. The van der Waals surface area contributed by atoms with Gasteiger partial charge in [-0.3, -0.25) is 14.7 Å². The number of pyridine rings is 1. The Morgan fingerprint density at radius 3 is 2.81 bits per heavy atom. The summed E-state index contributed by atoms with van der Waals surface area (Å²) in [5.41, 5.74) is 2.40. The van der Waals surface area contributed by atoms with E-state index < -0.39 is 5.82 Å². The summed E-state index contributed by atoms with van der Waals surface area (Å²) in [6, 6.07) is 15.7. The number of hydrogen-bond donors (Lipinski definition) is 1. The van der Waals surface area contributed by atoms with Crippen LogP contribution in [0.3, 0.4) is 0 Å². The highest BCUT2D eigenvalue weighted by molar-refractivity contribution is 6.01. The molecule has 0 radical (unpaired) electrons. The quantitative estimate of drug-likeness (QED) is 0.556. The third-order valence-electron chi connectivity index (χ3n) is 4.95. The zero-order valence-electron chi connectivity index (χ0n) is 17.5. The second-order valence-electron chi connectivity index (χ2n) is 7.39. The lowest BCUT2D eigenvalue weighted by Crippen LogP contribution is -2.35. The minimum Gasteiger partial charge on any atom is -0.453 e. The molecule has 2 heterocycles. The molecule has 3 aromatic rings. The fourth-order valence-corrected chi connectivity index (χ4v) is 3.36. The number of nitrogens with zero attached hydrogens (tertiary/aromatic N) is 2. The van der Waals surface area contributed by atoms with Crippen LogP contribution in [0.15, 0.2) is 73.1 Å². The van der Waals surface area contributed by atoms with E-state index in [1.807, 2.05) is 24.3 Å². The molecule has 2 aromatic carbocycles. The van der Waals surface area contributed by atoms with E-state index in [1.54, 1.807) is 30.5 Å². The van der Waals surface area contributed by atoms with Gasteiger partial charge in [-0.05, 0) is 53.6 Å². The Morgan fingerprint density at radius 2 is 2.03 bits per heavy atom. The van der Waals surface area contributed by atoms with Gasteiger partial charge in [-0.2, -0.15) is 0 Å². The summed E-state index contributed by atoms with van der Waals surface area (Å²) in [6.07, 6.45) is 6.06. The van der Waals surface area contributed by atoms with Crippen molar-refractivity contribution >= 4 is 17.7 Å². The maximum Gasteiger partial charge on any atom is 0.248 e. The van der Waals surface area contributed by atoms with Crippen molar-refractivity contribution in [1.82, 2.24) is 9.88 Å². The van der Waals surface area contributed by atoms with Crippen molar-refractivity contribution < 1.29 is 18.7 Å². The smallest absolute Gasteiger partial charge is 0.248 e. The molecule has 1 amide bonds. The minimum atomic E-state index is -0.521. The van der Waals surface area contributed by atoms with Gasteiger partial charge in [0.1, 0.15) is 5.75 Å². The van der Waals surface area contributed by atoms with Crippen LogP contribution in [-0.2, 0) is 16.1 Å². The number of hydrogen-bond acceptors (Lipinski definition) is 5. The van der Waals surface area contributed by atoms with Crippen molar-refractivity contribution in [1.29, 1.82) is 0 Å². The number of nitrogens with one attached hydrogen (secondary N) is 1. The van der Waals surface area contributed by atoms with Crippen LogP contribution in [0.2, 0.25) is 0 Å². The number of carbonyl (C=O) groups is 1. The molecule has 164 valence electrons. The molecule has 1 saturated heterocycles. The van der Waals surface area contributed by atoms with E-state index in [9.17, 15) is 9.18 Å². The van der Waals surface area contributed by atoms with Crippen LogP contribution in [0.1, 0.15) is 11.1 Å². The maximum atomic E-state index is 14.4. The molecule has 1 fully saturated rings. The first-order valence-corrected chi connectivity index (χ1v) is 10.4. The van der Waals surface area contributed by atoms with Crippen molar-refractivity contribution in [3.8, 4) is 11.5 Å². The third kappa shape index (κ3) is 6.23. The molecule has 0 bridgehead atoms. The summed E-state index contributed by atoms with van der Waals surface area (Å²) < 4.78 is 25.2. The third-order valence-corrected chi connectivity index (χ3v) is 4.95. The first-order valence-electron chi connectivity index (χ1n) is 10.4. The number of ether oxygens (including phenoxy) is 2. The van der Waals surface area contributed by atoms with Gasteiger partial charge in [-0.15, -0.1) is 0 Å². The molecule has 0 aliphatic carbocycles. The van der Waals surface area contributed by atoms with Crippen LogP contribution >= 0.6 is 0 Å². The number of rotatable bonds is 7. The second-order valence-corrected chi connectivity index (χ2v) is 7.39. The fourth-order valence-electron chi connectivity index (χ4n) is 3.36. The Labute approximate surface area is 186 Å². The first-order chi connectivity index (χ1) is 15.7. The van der Waals surface area contributed by atoms with Crippen molar-refractivity contribution in [2.45, 2.75) is 6.54 Å². The zero-order chi connectivity index (χ0) is 22.2. The molecular formula is C25H24FN3O3. The van der Waals surface area contributed by atoms with Gasteiger partial charge in [0.15, 0.2) is 11.6 Å². The van der Waals surface area contributed by atoms with E-state index >= 15 is 0 Å². The monoisotopic (exact) mass is 433 g/mol. The van der Waals surface area contributed by atoms with Crippen LogP contribution in [0, 0.1) is 5.82 Å². The van der Waals surface area contributed by atoms with Crippen LogP contribution in [0.4, 0.5) is 10.1 Å². The molecule has 6 nitrogen and oxygen atoms in total. The number of halogens is 1. The summed E-state index contributed by atoms with van der Waals surface area (Å²) in [5, 5.41) is 2.85. The molecule has 1 aliphatic heterocycles. The predicted octanol–water partition coefficient (Wildman–Crippen LogP) is 4.50. The SMILES string of the molecule is O=C(/C=C/c1ccc(Oc2cccnc2)c(F)c1)Nc1cccc(CN2CCOCC2)c1. The number of carbonyl (C=O) groups excluding carboxylic acids is 1. The summed E-state index contributed by atoms with van der Waals surface area (Å²) in [5.74, 6) is -0.265. The number of benzene rings is 2. The standard InChI is InChI=1S/C25H24FN3O3/c26-23-16-19(6-8-24(23)32-22-5-2-10-27-17-22)7-9-25(30)28-21-4-1-3-20(15-21)18-29-11-13-31-14-12-29/h1-10,15-17H,11-14,18H2,(H,28,30)/b9-7+. The lowest BCUT2D eigenvalue weighted by atomic mass is 10.1. The van der Waals surface area contributed by atoms with E-state index in [4.69, 9.17) is 9.47 Å². The Hall–Kier alpha value is -3.55. The van der Waals surface area contributed by atoms with Gasteiger partial charge in [0.05, 0.1) is 19.4 Å². The van der Waals surface area contributed by atoms with E-state index in [-0.39, 0.29) is 11.7 Å². The number of amides is 1. The fraction of sp³-hybridized carbons (Fsp3) is 0.200. The van der Waals surface area contributed by atoms with Gasteiger partial charge in [0, 0.05) is 37.6 Å². The van der Waals surface area contributed by atoms with Crippen LogP contribution < -0.4 is 10.1 Å². The highest BCUT2D eigenvalue weighted by Gasteiger charge is 2.11. The Kier molecular flexibility index (Phi) is 7.22. The predicted molar refractivity (Wildman–Crippen MR) is 121 cm³/mol. The Balaban J connectivity index is 1.34. The number of anilines is 1. The van der Waals surface area contributed by atoms with Crippen molar-refractivity contribution in [2.75, 3.05) is 31.6 Å². The molecule has 1 N–H and O–H groups in total. The van der Waals surface area contributed by atoms with Crippen LogP contribution in [-0.4, -0.2) is 42.1 Å². The molecule has 1 aliphatic rings. The van der Waals surface area contributed by atoms with Crippen molar-refractivity contribution in [3.05, 3.63) is 90.0 Å². The topological polar surface area (TPSA) is 63.7 Å². The molecule has 32 heavy (non-hydrogen) atoms. The van der Waals surface area contributed by atoms with Crippen LogP contribution in [0.25, 0.3) is 6.08 Å². The molecule has 0 spiro atoms. The highest BCUT2D eigenvalue weighted by atomic mass is 19.1. The Morgan fingerprint density at radius 1 is 1.16 bits per heavy atom. The van der Waals surface area contributed by atoms with Crippen molar-refractivity contribution in [3.63, 3.8) is 0 Å².